The van der Waals surface area contributed by atoms with E-state index in [-0.39, 0.29) is 18.6 Å². The molecule has 2 N–H and O–H groups in total. The second kappa shape index (κ2) is 13.1. The first-order valence-corrected chi connectivity index (χ1v) is 13.2. The summed E-state index contributed by atoms with van der Waals surface area (Å²) in [5.74, 6) is 0.221. The average molecular weight is 511 g/mol. The van der Waals surface area contributed by atoms with Crippen molar-refractivity contribution in [1.29, 1.82) is 0 Å². The minimum absolute atomic E-state index is 0.0248. The smallest absolute Gasteiger partial charge is 0.253 e. The molecule has 1 unspecified atom stereocenters. The van der Waals surface area contributed by atoms with Gasteiger partial charge in [0.05, 0.1) is 53.8 Å². The first kappa shape index (κ1) is 28.8. The molecule has 0 radical (unpaired) electrons. The van der Waals surface area contributed by atoms with E-state index in [9.17, 15) is 9.90 Å². The average Bonchev–Trinajstić information content (AvgIpc) is 3.20. The molecule has 3 rings (SSSR count). The Morgan fingerprint density at radius 1 is 1.11 bits per heavy atom. The minimum atomic E-state index is -0.191. The third kappa shape index (κ3) is 6.37. The maximum absolute atomic E-state index is 13.2. The molecule has 0 bridgehead atoms. The van der Waals surface area contributed by atoms with Gasteiger partial charge in [-0.25, -0.2) is 4.98 Å². The normalized spacial score (nSPS) is 12.5. The SMILES string of the molecule is CCc1cc2c(nc1-c1cc(C(=O)NCCOC)c(CC(C)C)nc1CC)c(C)cn2C(CO)COC. The third-order valence-corrected chi connectivity index (χ3v) is 6.62. The maximum Gasteiger partial charge on any atom is 0.253 e. The van der Waals surface area contributed by atoms with Gasteiger partial charge in [-0.2, -0.15) is 0 Å². The van der Waals surface area contributed by atoms with Crippen LogP contribution in [0.4, 0.5) is 0 Å². The lowest BCUT2D eigenvalue weighted by Gasteiger charge is -2.19. The Morgan fingerprint density at radius 3 is 2.46 bits per heavy atom. The number of pyridine rings is 2. The highest BCUT2D eigenvalue weighted by Gasteiger charge is 2.23. The molecule has 0 spiro atoms. The molecule has 0 aliphatic rings. The molecule has 202 valence electrons. The Balaban J connectivity index is 2.23. The van der Waals surface area contributed by atoms with Crippen LogP contribution in [-0.4, -0.2) is 66.1 Å². The number of aryl methyl sites for hydroxylation is 3. The van der Waals surface area contributed by atoms with Crippen molar-refractivity contribution >= 4 is 16.9 Å². The number of carbonyl (C=O) groups is 1. The second-order valence-corrected chi connectivity index (χ2v) is 9.91. The zero-order chi connectivity index (χ0) is 27.1. The summed E-state index contributed by atoms with van der Waals surface area (Å²) in [6.07, 6.45) is 4.25. The van der Waals surface area contributed by atoms with E-state index >= 15 is 0 Å². The number of fused-ring (bicyclic) bond motifs is 1. The fourth-order valence-corrected chi connectivity index (χ4v) is 4.76. The van der Waals surface area contributed by atoms with E-state index in [1.807, 2.05) is 19.2 Å². The molecule has 3 aromatic heterocycles. The first-order valence-electron chi connectivity index (χ1n) is 13.2. The molecule has 0 saturated carbocycles. The predicted octanol–water partition coefficient (Wildman–Crippen LogP) is 4.29. The van der Waals surface area contributed by atoms with E-state index in [2.05, 4.69) is 43.6 Å². The van der Waals surface area contributed by atoms with Crippen molar-refractivity contribution in [2.45, 2.75) is 59.9 Å². The van der Waals surface area contributed by atoms with Crippen LogP contribution in [0.15, 0.2) is 18.3 Å². The van der Waals surface area contributed by atoms with Crippen LogP contribution in [-0.2, 0) is 28.7 Å². The number of nitrogens with zero attached hydrogens (tertiary/aromatic N) is 3. The Hall–Kier alpha value is -2.81. The largest absolute Gasteiger partial charge is 0.394 e. The molecule has 0 aliphatic carbocycles. The quantitative estimate of drug-likeness (QED) is 0.333. The number of methoxy groups -OCH3 is 2. The number of aliphatic hydroxyl groups excluding tert-OH is 1. The Kier molecular flexibility index (Phi) is 10.2. The Bertz CT molecular complexity index is 1220. The number of hydrogen-bond donors (Lipinski definition) is 2. The Morgan fingerprint density at radius 2 is 1.86 bits per heavy atom. The fraction of sp³-hybridized carbons (Fsp3) is 0.552. The number of rotatable bonds is 13. The summed E-state index contributed by atoms with van der Waals surface area (Å²) in [5, 5.41) is 12.9. The van der Waals surface area contributed by atoms with E-state index in [0.717, 1.165) is 64.1 Å². The van der Waals surface area contributed by atoms with Crippen LogP contribution in [0.1, 0.15) is 66.6 Å². The first-order chi connectivity index (χ1) is 17.8. The molecule has 0 fully saturated rings. The molecule has 37 heavy (non-hydrogen) atoms. The number of aromatic nitrogens is 3. The fourth-order valence-electron chi connectivity index (χ4n) is 4.76. The van der Waals surface area contributed by atoms with Gasteiger partial charge in [-0.05, 0) is 55.4 Å². The summed E-state index contributed by atoms with van der Waals surface area (Å²) in [6, 6.07) is 3.94. The van der Waals surface area contributed by atoms with E-state index in [0.29, 0.717) is 31.2 Å². The van der Waals surface area contributed by atoms with Crippen LogP contribution in [0.25, 0.3) is 22.3 Å². The highest BCUT2D eigenvalue weighted by Crippen LogP contribution is 2.33. The van der Waals surface area contributed by atoms with Crippen molar-refractivity contribution in [2.24, 2.45) is 5.92 Å². The van der Waals surface area contributed by atoms with Gasteiger partial charge in [0.25, 0.3) is 5.91 Å². The molecule has 1 amide bonds. The van der Waals surface area contributed by atoms with Gasteiger partial charge in [-0.15, -0.1) is 0 Å². The van der Waals surface area contributed by atoms with Crippen LogP contribution in [0, 0.1) is 12.8 Å². The van der Waals surface area contributed by atoms with Crippen molar-refractivity contribution in [1.82, 2.24) is 19.9 Å². The van der Waals surface area contributed by atoms with Crippen molar-refractivity contribution in [3.63, 3.8) is 0 Å². The summed E-state index contributed by atoms with van der Waals surface area (Å²) < 4.78 is 12.5. The van der Waals surface area contributed by atoms with Gasteiger partial charge in [-0.3, -0.25) is 9.78 Å². The zero-order valence-electron chi connectivity index (χ0n) is 23.4. The summed E-state index contributed by atoms with van der Waals surface area (Å²) >= 11 is 0. The molecule has 8 heteroatoms. The van der Waals surface area contributed by atoms with Crippen molar-refractivity contribution in [3.05, 3.63) is 46.4 Å². The summed E-state index contributed by atoms with van der Waals surface area (Å²) in [4.78, 5) is 23.4. The lowest BCUT2D eigenvalue weighted by atomic mass is 9.95. The monoisotopic (exact) mass is 510 g/mol. The number of hydrogen-bond acceptors (Lipinski definition) is 6. The number of ether oxygens (including phenoxy) is 2. The van der Waals surface area contributed by atoms with Gasteiger partial charge in [0.2, 0.25) is 0 Å². The van der Waals surface area contributed by atoms with Crippen LogP contribution in [0.5, 0.6) is 0 Å². The van der Waals surface area contributed by atoms with Gasteiger partial charge in [-0.1, -0.05) is 27.7 Å². The molecule has 3 aromatic rings. The Labute approximate surface area is 220 Å². The molecular formula is C29H42N4O4. The predicted molar refractivity (Wildman–Crippen MR) is 147 cm³/mol. The highest BCUT2D eigenvalue weighted by molar-refractivity contribution is 5.97. The van der Waals surface area contributed by atoms with Gasteiger partial charge in [0.15, 0.2) is 0 Å². The van der Waals surface area contributed by atoms with Crippen LogP contribution in [0.3, 0.4) is 0 Å². The van der Waals surface area contributed by atoms with E-state index in [1.165, 1.54) is 0 Å². The third-order valence-electron chi connectivity index (χ3n) is 6.62. The summed E-state index contributed by atoms with van der Waals surface area (Å²) in [7, 11) is 3.26. The summed E-state index contributed by atoms with van der Waals surface area (Å²) in [6.45, 7) is 11.8. The number of amides is 1. The maximum atomic E-state index is 13.2. The topological polar surface area (TPSA) is 98.5 Å². The molecule has 0 saturated heterocycles. The standard InChI is InChI=1S/C29H42N4O4/c1-8-20-13-26-27(19(5)15-33(26)21(16-34)17-37-7)32-28(20)22-14-23(29(35)30-10-11-36-6)25(12-18(3)4)31-24(22)9-2/h13-15,18,21,34H,8-12,16-17H2,1-7H3,(H,30,35). The minimum Gasteiger partial charge on any atom is -0.394 e. The van der Waals surface area contributed by atoms with Crippen molar-refractivity contribution in [2.75, 3.05) is 40.6 Å². The number of aliphatic hydroxyl groups is 1. The zero-order valence-corrected chi connectivity index (χ0v) is 23.4. The van der Waals surface area contributed by atoms with Crippen molar-refractivity contribution in [3.8, 4) is 11.3 Å². The number of nitrogens with one attached hydrogen (secondary N) is 1. The van der Waals surface area contributed by atoms with Gasteiger partial charge in [0.1, 0.15) is 0 Å². The van der Waals surface area contributed by atoms with Crippen molar-refractivity contribution < 1.29 is 19.4 Å². The van der Waals surface area contributed by atoms with E-state index in [1.54, 1.807) is 14.2 Å². The lowest BCUT2D eigenvalue weighted by molar-refractivity contribution is 0.0935. The molecule has 3 heterocycles. The van der Waals surface area contributed by atoms with Gasteiger partial charge < -0.3 is 24.5 Å². The molecule has 1 atom stereocenters. The molecular weight excluding hydrogens is 468 g/mol. The number of carbonyl (C=O) groups excluding carboxylic acids is 1. The van der Waals surface area contributed by atoms with E-state index < -0.39 is 0 Å². The van der Waals surface area contributed by atoms with Crippen LogP contribution < -0.4 is 5.32 Å². The molecule has 0 aromatic carbocycles. The highest BCUT2D eigenvalue weighted by atomic mass is 16.5. The van der Waals surface area contributed by atoms with Gasteiger partial charge >= 0.3 is 0 Å². The van der Waals surface area contributed by atoms with E-state index in [4.69, 9.17) is 19.4 Å². The van der Waals surface area contributed by atoms with Gasteiger partial charge in [0, 0.05) is 38.2 Å². The lowest BCUT2D eigenvalue weighted by Crippen LogP contribution is -2.28. The second-order valence-electron chi connectivity index (χ2n) is 9.91. The van der Waals surface area contributed by atoms with Crippen LogP contribution in [0.2, 0.25) is 0 Å². The summed E-state index contributed by atoms with van der Waals surface area (Å²) in [5.41, 5.74) is 8.04. The molecule has 0 aliphatic heterocycles. The van der Waals surface area contributed by atoms with Crippen LogP contribution >= 0.6 is 0 Å². The molecule has 8 nitrogen and oxygen atoms in total.